The van der Waals surface area contributed by atoms with E-state index in [2.05, 4.69) is 15.9 Å². The van der Waals surface area contributed by atoms with Crippen LogP contribution in [0, 0.1) is 5.82 Å². The summed E-state index contributed by atoms with van der Waals surface area (Å²) in [6.45, 7) is -0.959. The summed E-state index contributed by atoms with van der Waals surface area (Å²) >= 11 is 3.01. The molecular formula is C9H11BrFNO4S. The molecule has 0 aliphatic heterocycles. The molecule has 0 aliphatic rings. The average Bonchev–Trinajstić information content (AvgIpc) is 2.25. The van der Waals surface area contributed by atoms with Crippen LogP contribution in [0.4, 0.5) is 4.39 Å². The topological polar surface area (TPSA) is 86.6 Å². The minimum Gasteiger partial charge on any atom is -0.394 e. The molecular weight excluding hydrogens is 317 g/mol. The molecule has 17 heavy (non-hydrogen) atoms. The number of halogens is 2. The summed E-state index contributed by atoms with van der Waals surface area (Å²) in [7, 11) is -4.03. The van der Waals surface area contributed by atoms with E-state index in [1.165, 1.54) is 6.07 Å². The van der Waals surface area contributed by atoms with Crippen LogP contribution >= 0.6 is 15.9 Å². The van der Waals surface area contributed by atoms with Crippen LogP contribution in [0.1, 0.15) is 0 Å². The lowest BCUT2D eigenvalue weighted by atomic mass is 10.3. The number of benzene rings is 1. The molecule has 0 amide bonds. The molecule has 0 spiro atoms. The van der Waals surface area contributed by atoms with Crippen molar-refractivity contribution in [2.75, 3.05) is 13.2 Å². The molecule has 0 radical (unpaired) electrons. The van der Waals surface area contributed by atoms with Crippen molar-refractivity contribution in [3.05, 3.63) is 28.5 Å². The maximum Gasteiger partial charge on any atom is 0.243 e. The molecule has 0 bridgehead atoms. The molecule has 0 saturated carbocycles. The van der Waals surface area contributed by atoms with Gasteiger partial charge in [0.05, 0.1) is 12.7 Å². The molecule has 0 heterocycles. The second-order valence-electron chi connectivity index (χ2n) is 3.26. The van der Waals surface area contributed by atoms with Crippen molar-refractivity contribution in [2.45, 2.75) is 11.0 Å². The highest BCUT2D eigenvalue weighted by Gasteiger charge is 2.19. The fourth-order valence-corrected chi connectivity index (χ4v) is 2.50. The summed E-state index contributed by atoms with van der Waals surface area (Å²) < 4.78 is 39.1. The predicted molar refractivity (Wildman–Crippen MR) is 62.4 cm³/mol. The molecule has 1 unspecified atom stereocenters. The van der Waals surface area contributed by atoms with Crippen LogP contribution in [0.2, 0.25) is 0 Å². The van der Waals surface area contributed by atoms with E-state index in [-0.39, 0.29) is 6.54 Å². The number of aliphatic hydroxyl groups is 2. The van der Waals surface area contributed by atoms with Crippen molar-refractivity contribution < 1.29 is 23.0 Å². The first-order chi connectivity index (χ1) is 7.86. The lowest BCUT2D eigenvalue weighted by Crippen LogP contribution is -2.34. The quantitative estimate of drug-likeness (QED) is 0.722. The number of hydrogen-bond donors (Lipinski definition) is 3. The molecule has 8 heteroatoms. The van der Waals surface area contributed by atoms with E-state index >= 15 is 0 Å². The highest BCUT2D eigenvalue weighted by Crippen LogP contribution is 2.19. The van der Waals surface area contributed by atoms with Crippen LogP contribution < -0.4 is 4.72 Å². The highest BCUT2D eigenvalue weighted by molar-refractivity contribution is 9.10. The summed E-state index contributed by atoms with van der Waals surface area (Å²) in [6, 6.07) is 3.52. The fraction of sp³-hybridized carbons (Fsp3) is 0.333. The van der Waals surface area contributed by atoms with Gasteiger partial charge in [0.1, 0.15) is 10.7 Å². The number of sulfonamides is 1. The second kappa shape index (κ2) is 5.87. The normalized spacial score (nSPS) is 13.6. The third kappa shape index (κ3) is 4.00. The molecule has 1 aromatic carbocycles. The maximum atomic E-state index is 13.4. The Morgan fingerprint density at radius 3 is 2.65 bits per heavy atom. The fourth-order valence-electron chi connectivity index (χ4n) is 1.04. The van der Waals surface area contributed by atoms with Crippen molar-refractivity contribution in [1.29, 1.82) is 0 Å². The first-order valence-electron chi connectivity index (χ1n) is 4.60. The van der Waals surface area contributed by atoms with Crippen LogP contribution in [0.15, 0.2) is 27.6 Å². The van der Waals surface area contributed by atoms with E-state index in [4.69, 9.17) is 10.2 Å². The van der Waals surface area contributed by atoms with Gasteiger partial charge < -0.3 is 10.2 Å². The van der Waals surface area contributed by atoms with Gasteiger partial charge in [-0.05, 0) is 18.2 Å². The molecule has 1 rings (SSSR count). The second-order valence-corrected chi connectivity index (χ2v) is 5.91. The van der Waals surface area contributed by atoms with E-state index in [9.17, 15) is 12.8 Å². The molecule has 1 atom stereocenters. The molecule has 3 N–H and O–H groups in total. The highest BCUT2D eigenvalue weighted by atomic mass is 79.9. The van der Waals surface area contributed by atoms with Gasteiger partial charge >= 0.3 is 0 Å². The van der Waals surface area contributed by atoms with Gasteiger partial charge in [-0.25, -0.2) is 17.5 Å². The van der Waals surface area contributed by atoms with Crippen molar-refractivity contribution in [3.63, 3.8) is 0 Å². The third-order valence-electron chi connectivity index (χ3n) is 1.90. The summed E-state index contributed by atoms with van der Waals surface area (Å²) in [5.74, 6) is -0.898. The van der Waals surface area contributed by atoms with Gasteiger partial charge in [-0.1, -0.05) is 15.9 Å². The van der Waals surface area contributed by atoms with Gasteiger partial charge in [0.2, 0.25) is 10.0 Å². The van der Waals surface area contributed by atoms with Gasteiger partial charge in [-0.3, -0.25) is 0 Å². The summed E-state index contributed by atoms with van der Waals surface area (Å²) in [5, 5.41) is 17.5. The molecule has 1 aromatic rings. The lowest BCUT2D eigenvalue weighted by Gasteiger charge is -2.10. The number of rotatable bonds is 5. The van der Waals surface area contributed by atoms with Crippen LogP contribution in [0.5, 0.6) is 0 Å². The molecule has 0 aromatic heterocycles. The van der Waals surface area contributed by atoms with E-state index < -0.39 is 33.4 Å². The number of aliphatic hydroxyl groups excluding tert-OH is 2. The van der Waals surface area contributed by atoms with Crippen molar-refractivity contribution in [3.8, 4) is 0 Å². The van der Waals surface area contributed by atoms with Gasteiger partial charge in [0, 0.05) is 11.0 Å². The van der Waals surface area contributed by atoms with Crippen molar-refractivity contribution >= 4 is 26.0 Å². The zero-order valence-corrected chi connectivity index (χ0v) is 11.0. The van der Waals surface area contributed by atoms with Crippen LogP contribution in [0.25, 0.3) is 0 Å². The van der Waals surface area contributed by atoms with Crippen LogP contribution in [0.3, 0.4) is 0 Å². The monoisotopic (exact) mass is 327 g/mol. The minimum atomic E-state index is -4.03. The Morgan fingerprint density at radius 2 is 2.12 bits per heavy atom. The van der Waals surface area contributed by atoms with Gasteiger partial charge in [0.15, 0.2) is 0 Å². The predicted octanol–water partition coefficient (Wildman–Crippen LogP) is 0.220. The molecule has 96 valence electrons. The first-order valence-corrected chi connectivity index (χ1v) is 6.88. The molecule has 0 fully saturated rings. The summed E-state index contributed by atoms with van der Waals surface area (Å²) in [4.78, 5) is -0.508. The maximum absolute atomic E-state index is 13.4. The van der Waals surface area contributed by atoms with Gasteiger partial charge in [-0.2, -0.15) is 0 Å². The van der Waals surface area contributed by atoms with E-state index in [1.807, 2.05) is 4.72 Å². The summed E-state index contributed by atoms with van der Waals surface area (Å²) in [6.07, 6.45) is -1.22. The van der Waals surface area contributed by atoms with Crippen molar-refractivity contribution in [2.24, 2.45) is 0 Å². The van der Waals surface area contributed by atoms with Gasteiger partial charge in [0.25, 0.3) is 0 Å². The molecule has 0 saturated heterocycles. The SMILES string of the molecule is O=S(=O)(NCC(O)CO)c1ccc(Br)cc1F. The lowest BCUT2D eigenvalue weighted by molar-refractivity contribution is 0.0988. The largest absolute Gasteiger partial charge is 0.394 e. The Labute approximate surface area is 106 Å². The van der Waals surface area contributed by atoms with Crippen LogP contribution in [-0.2, 0) is 10.0 Å². The van der Waals surface area contributed by atoms with Crippen LogP contribution in [-0.4, -0.2) is 37.9 Å². The zero-order valence-electron chi connectivity index (χ0n) is 8.60. The zero-order chi connectivity index (χ0) is 13.1. The van der Waals surface area contributed by atoms with E-state index in [0.717, 1.165) is 12.1 Å². The van der Waals surface area contributed by atoms with Crippen molar-refractivity contribution in [1.82, 2.24) is 4.72 Å². The smallest absolute Gasteiger partial charge is 0.243 e. The minimum absolute atomic E-state index is 0.381. The Balaban J connectivity index is 2.90. The average molecular weight is 328 g/mol. The Bertz CT molecular complexity index is 494. The Kier molecular flexibility index (Phi) is 5.02. The molecule has 5 nitrogen and oxygen atoms in total. The van der Waals surface area contributed by atoms with Gasteiger partial charge in [-0.15, -0.1) is 0 Å². The Hall–Kier alpha value is -0.540. The van der Waals surface area contributed by atoms with E-state index in [1.54, 1.807) is 0 Å². The number of nitrogens with one attached hydrogen (secondary N) is 1. The van der Waals surface area contributed by atoms with E-state index in [0.29, 0.717) is 4.47 Å². The Morgan fingerprint density at radius 1 is 1.47 bits per heavy atom. The third-order valence-corrected chi connectivity index (χ3v) is 3.85. The first kappa shape index (κ1) is 14.5. The number of hydrogen-bond acceptors (Lipinski definition) is 4. The standard InChI is InChI=1S/C9H11BrFNO4S/c10-6-1-2-9(8(11)3-6)17(15,16)12-4-7(14)5-13/h1-3,7,12-14H,4-5H2. The molecule has 0 aliphatic carbocycles. The summed E-state index contributed by atoms with van der Waals surface area (Å²) in [5.41, 5.74) is 0.